The van der Waals surface area contributed by atoms with Crippen molar-refractivity contribution < 1.29 is 9.53 Å². The number of esters is 1. The fourth-order valence-corrected chi connectivity index (χ4v) is 1.87. The average Bonchev–Trinajstić information content (AvgIpc) is 2.31. The lowest BCUT2D eigenvalue weighted by Crippen LogP contribution is -2.16. The van der Waals surface area contributed by atoms with Gasteiger partial charge in [0, 0.05) is 6.04 Å². The number of nitrogens with one attached hydrogen (secondary N) is 1. The molecule has 0 aliphatic rings. The maximum atomic E-state index is 11.7. The summed E-state index contributed by atoms with van der Waals surface area (Å²) in [4.78, 5) is 11.7. The van der Waals surface area contributed by atoms with Crippen LogP contribution in [0.2, 0.25) is 0 Å². The summed E-state index contributed by atoms with van der Waals surface area (Å²) >= 11 is 0. The molecule has 3 N–H and O–H groups in total. The Morgan fingerprint density at radius 1 is 1.37 bits per heavy atom. The van der Waals surface area contributed by atoms with E-state index in [0.717, 1.165) is 18.5 Å². The molecule has 0 unspecified atom stereocenters. The van der Waals surface area contributed by atoms with Gasteiger partial charge in [-0.15, -0.1) is 0 Å². The van der Waals surface area contributed by atoms with Crippen molar-refractivity contribution in [3.8, 4) is 0 Å². The second-order valence-corrected chi connectivity index (χ2v) is 5.09. The zero-order valence-electron chi connectivity index (χ0n) is 12.2. The zero-order valence-corrected chi connectivity index (χ0v) is 12.2. The van der Waals surface area contributed by atoms with Gasteiger partial charge in [-0.05, 0) is 45.4 Å². The molecule has 0 bridgehead atoms. The summed E-state index contributed by atoms with van der Waals surface area (Å²) in [7, 11) is 0. The van der Waals surface area contributed by atoms with E-state index < -0.39 is 0 Å². The highest BCUT2D eigenvalue weighted by Gasteiger charge is 2.11. The molecule has 1 rings (SSSR count). The number of benzene rings is 1. The van der Waals surface area contributed by atoms with E-state index in [-0.39, 0.29) is 12.1 Å². The van der Waals surface area contributed by atoms with Crippen molar-refractivity contribution in [2.75, 3.05) is 11.1 Å². The number of nitrogen functional groups attached to an aromatic ring is 1. The van der Waals surface area contributed by atoms with E-state index in [0.29, 0.717) is 17.3 Å². The van der Waals surface area contributed by atoms with Crippen molar-refractivity contribution >= 4 is 17.3 Å². The van der Waals surface area contributed by atoms with Crippen molar-refractivity contribution in [1.82, 2.24) is 0 Å². The first-order valence-corrected chi connectivity index (χ1v) is 6.81. The third-order valence-electron chi connectivity index (χ3n) is 2.75. The summed E-state index contributed by atoms with van der Waals surface area (Å²) in [6.45, 7) is 7.91. The van der Waals surface area contributed by atoms with Crippen LogP contribution in [0, 0.1) is 0 Å². The summed E-state index contributed by atoms with van der Waals surface area (Å²) < 4.78 is 5.14. The van der Waals surface area contributed by atoms with Gasteiger partial charge in [-0.25, -0.2) is 4.79 Å². The van der Waals surface area contributed by atoms with Gasteiger partial charge in [-0.3, -0.25) is 0 Å². The van der Waals surface area contributed by atoms with Crippen LogP contribution in [0.5, 0.6) is 0 Å². The Morgan fingerprint density at radius 3 is 2.58 bits per heavy atom. The second kappa shape index (κ2) is 7.02. The van der Waals surface area contributed by atoms with Crippen molar-refractivity contribution in [3.05, 3.63) is 23.8 Å². The van der Waals surface area contributed by atoms with Gasteiger partial charge in [-0.1, -0.05) is 13.3 Å². The van der Waals surface area contributed by atoms with Crippen LogP contribution in [-0.4, -0.2) is 18.1 Å². The van der Waals surface area contributed by atoms with Gasteiger partial charge >= 0.3 is 5.97 Å². The van der Waals surface area contributed by atoms with E-state index in [4.69, 9.17) is 10.5 Å². The number of ether oxygens (including phenoxy) is 1. The van der Waals surface area contributed by atoms with E-state index in [1.165, 1.54) is 0 Å². The molecule has 1 atom stereocenters. The van der Waals surface area contributed by atoms with E-state index in [9.17, 15) is 4.79 Å². The molecule has 4 heteroatoms. The molecule has 106 valence electrons. The maximum absolute atomic E-state index is 11.7. The fraction of sp³-hybridized carbons (Fsp3) is 0.533. The van der Waals surface area contributed by atoms with Crippen LogP contribution in [-0.2, 0) is 4.74 Å². The summed E-state index contributed by atoms with van der Waals surface area (Å²) in [5.74, 6) is -0.338. The Kier molecular flexibility index (Phi) is 5.67. The van der Waals surface area contributed by atoms with Gasteiger partial charge in [0.1, 0.15) is 0 Å². The van der Waals surface area contributed by atoms with Crippen LogP contribution in [0.4, 0.5) is 11.4 Å². The predicted molar refractivity (Wildman–Crippen MR) is 79.4 cm³/mol. The SMILES string of the molecule is CCC[C@H](C)Nc1ccc(C(=O)OC(C)C)cc1N. The summed E-state index contributed by atoms with van der Waals surface area (Å²) in [5.41, 5.74) is 7.88. The third-order valence-corrected chi connectivity index (χ3v) is 2.75. The molecule has 0 heterocycles. The van der Waals surface area contributed by atoms with E-state index in [1.54, 1.807) is 12.1 Å². The molecule has 0 aliphatic heterocycles. The molecule has 0 fully saturated rings. The Labute approximate surface area is 115 Å². The number of hydrogen-bond acceptors (Lipinski definition) is 4. The summed E-state index contributed by atoms with van der Waals surface area (Å²) in [6.07, 6.45) is 2.07. The monoisotopic (exact) mass is 264 g/mol. The van der Waals surface area contributed by atoms with Gasteiger partial charge in [0.15, 0.2) is 0 Å². The number of carbonyl (C=O) groups is 1. The van der Waals surface area contributed by atoms with E-state index in [2.05, 4.69) is 19.2 Å². The number of nitrogens with two attached hydrogens (primary N) is 1. The Morgan fingerprint density at radius 2 is 2.05 bits per heavy atom. The van der Waals surface area contributed by atoms with E-state index >= 15 is 0 Å². The van der Waals surface area contributed by atoms with Gasteiger partial charge in [0.2, 0.25) is 0 Å². The van der Waals surface area contributed by atoms with Crippen LogP contribution in [0.1, 0.15) is 50.9 Å². The first-order chi connectivity index (χ1) is 8.93. The lowest BCUT2D eigenvalue weighted by Gasteiger charge is -2.16. The van der Waals surface area contributed by atoms with Crippen molar-refractivity contribution in [2.45, 2.75) is 52.7 Å². The van der Waals surface area contributed by atoms with Crippen molar-refractivity contribution in [3.63, 3.8) is 0 Å². The highest BCUT2D eigenvalue weighted by molar-refractivity contribution is 5.92. The minimum Gasteiger partial charge on any atom is -0.459 e. The van der Waals surface area contributed by atoms with Crippen LogP contribution in [0.25, 0.3) is 0 Å². The van der Waals surface area contributed by atoms with Crippen molar-refractivity contribution in [2.24, 2.45) is 0 Å². The fourth-order valence-electron chi connectivity index (χ4n) is 1.87. The molecule has 0 radical (unpaired) electrons. The standard InChI is InChI=1S/C15H24N2O2/c1-5-6-11(4)17-14-8-7-12(9-13(14)16)15(18)19-10(2)3/h7-11,17H,5-6,16H2,1-4H3/t11-/m0/s1. The minimum atomic E-state index is -0.338. The molecule has 19 heavy (non-hydrogen) atoms. The van der Waals surface area contributed by atoms with E-state index in [1.807, 2.05) is 19.9 Å². The number of hydrogen-bond donors (Lipinski definition) is 2. The largest absolute Gasteiger partial charge is 0.459 e. The molecule has 0 aliphatic carbocycles. The highest BCUT2D eigenvalue weighted by atomic mass is 16.5. The van der Waals surface area contributed by atoms with Crippen LogP contribution in [0.3, 0.4) is 0 Å². The van der Waals surface area contributed by atoms with Gasteiger partial charge in [0.25, 0.3) is 0 Å². The molecular weight excluding hydrogens is 240 g/mol. The summed E-state index contributed by atoms with van der Waals surface area (Å²) in [6, 6.07) is 5.59. The molecule has 0 saturated heterocycles. The topological polar surface area (TPSA) is 64.3 Å². The molecule has 1 aromatic carbocycles. The number of anilines is 2. The average molecular weight is 264 g/mol. The van der Waals surface area contributed by atoms with Gasteiger partial charge in [0.05, 0.1) is 23.0 Å². The first-order valence-electron chi connectivity index (χ1n) is 6.81. The molecule has 1 aromatic rings. The normalized spacial score (nSPS) is 12.3. The van der Waals surface area contributed by atoms with Crippen LogP contribution in [0.15, 0.2) is 18.2 Å². The molecule has 0 aromatic heterocycles. The smallest absolute Gasteiger partial charge is 0.338 e. The Balaban J connectivity index is 2.77. The molecule has 0 saturated carbocycles. The minimum absolute atomic E-state index is 0.129. The third kappa shape index (κ3) is 4.81. The molecule has 4 nitrogen and oxygen atoms in total. The lowest BCUT2D eigenvalue weighted by molar-refractivity contribution is 0.0378. The molecule has 0 amide bonds. The zero-order chi connectivity index (χ0) is 14.4. The lowest BCUT2D eigenvalue weighted by atomic mass is 10.1. The number of carbonyl (C=O) groups excluding carboxylic acids is 1. The Hall–Kier alpha value is -1.71. The summed E-state index contributed by atoms with van der Waals surface area (Å²) in [5, 5.41) is 3.34. The Bertz CT molecular complexity index is 430. The van der Waals surface area contributed by atoms with Gasteiger partial charge in [-0.2, -0.15) is 0 Å². The van der Waals surface area contributed by atoms with Crippen LogP contribution >= 0.6 is 0 Å². The number of rotatable bonds is 6. The second-order valence-electron chi connectivity index (χ2n) is 5.09. The highest BCUT2D eigenvalue weighted by Crippen LogP contribution is 2.22. The quantitative estimate of drug-likeness (QED) is 0.610. The van der Waals surface area contributed by atoms with Crippen LogP contribution < -0.4 is 11.1 Å². The predicted octanol–water partition coefficient (Wildman–Crippen LogP) is 3.43. The van der Waals surface area contributed by atoms with Crippen molar-refractivity contribution in [1.29, 1.82) is 0 Å². The van der Waals surface area contributed by atoms with Gasteiger partial charge < -0.3 is 15.8 Å². The molecule has 0 spiro atoms. The maximum Gasteiger partial charge on any atom is 0.338 e. The molecular formula is C15H24N2O2. The first kappa shape index (κ1) is 15.3.